The number of carbonyl (C=O) groups excluding carboxylic acids is 1. The van der Waals surface area contributed by atoms with Gasteiger partial charge in [0.05, 0.1) is 23.6 Å². The zero-order valence-electron chi connectivity index (χ0n) is 17.8. The maximum Gasteiger partial charge on any atom is 0.319 e. The van der Waals surface area contributed by atoms with Gasteiger partial charge >= 0.3 is 6.03 Å². The summed E-state index contributed by atoms with van der Waals surface area (Å²) in [5.74, 6) is 2.46. The fourth-order valence-electron chi connectivity index (χ4n) is 6.55. The lowest BCUT2D eigenvalue weighted by Gasteiger charge is -2.56. The second-order valence-corrected chi connectivity index (χ2v) is 9.97. The van der Waals surface area contributed by atoms with E-state index in [1.165, 1.54) is 30.4 Å². The Morgan fingerprint density at radius 2 is 1.62 bits per heavy atom. The van der Waals surface area contributed by atoms with E-state index in [4.69, 9.17) is 0 Å². The van der Waals surface area contributed by atoms with Crippen molar-refractivity contribution in [2.45, 2.75) is 71.4 Å². The van der Waals surface area contributed by atoms with Gasteiger partial charge in [-0.3, -0.25) is 4.68 Å². The van der Waals surface area contributed by atoms with Gasteiger partial charge in [0.1, 0.15) is 0 Å². The zero-order valence-corrected chi connectivity index (χ0v) is 17.8. The molecule has 1 aromatic heterocycles. The number of hydrogen-bond acceptors (Lipinski definition) is 2. The molecule has 2 aromatic rings. The fourth-order valence-corrected chi connectivity index (χ4v) is 6.55. The molecule has 1 heterocycles. The van der Waals surface area contributed by atoms with E-state index >= 15 is 0 Å². The first kappa shape index (κ1) is 18.7. The molecule has 4 fully saturated rings. The molecule has 4 saturated carbocycles. The highest BCUT2D eigenvalue weighted by Crippen LogP contribution is 2.55. The average molecular weight is 393 g/mol. The molecular formula is C24H32N4O. The Kier molecular flexibility index (Phi) is 4.45. The van der Waals surface area contributed by atoms with E-state index in [1.54, 1.807) is 0 Å². The topological polar surface area (TPSA) is 59.0 Å². The first-order chi connectivity index (χ1) is 13.9. The minimum atomic E-state index is -0.0620. The van der Waals surface area contributed by atoms with Crippen molar-refractivity contribution < 1.29 is 4.79 Å². The van der Waals surface area contributed by atoms with Gasteiger partial charge in [-0.2, -0.15) is 5.10 Å². The minimum absolute atomic E-state index is 0.0263. The summed E-state index contributed by atoms with van der Waals surface area (Å²) < 4.78 is 1.99. The molecule has 154 valence electrons. The number of aryl methyl sites for hydroxylation is 2. The molecule has 0 atom stereocenters. The summed E-state index contributed by atoms with van der Waals surface area (Å²) in [6.07, 6.45) is 7.64. The quantitative estimate of drug-likeness (QED) is 0.774. The van der Waals surface area contributed by atoms with Crippen LogP contribution in [0.5, 0.6) is 0 Å². The van der Waals surface area contributed by atoms with E-state index in [0.29, 0.717) is 6.54 Å². The van der Waals surface area contributed by atoms with E-state index in [2.05, 4.69) is 46.9 Å². The van der Waals surface area contributed by atoms with Crippen LogP contribution in [-0.2, 0) is 6.54 Å². The van der Waals surface area contributed by atoms with Crippen molar-refractivity contribution in [2.75, 3.05) is 5.32 Å². The second kappa shape index (κ2) is 6.89. The van der Waals surface area contributed by atoms with Gasteiger partial charge in [-0.1, -0.05) is 29.8 Å². The number of amides is 2. The van der Waals surface area contributed by atoms with Gasteiger partial charge in [0, 0.05) is 5.54 Å². The first-order valence-corrected chi connectivity index (χ1v) is 11.1. The number of benzene rings is 1. The molecule has 4 bridgehead atoms. The number of hydrogen-bond donors (Lipinski definition) is 2. The molecule has 0 unspecified atom stereocenters. The van der Waals surface area contributed by atoms with Crippen LogP contribution in [0.1, 0.15) is 61.0 Å². The predicted molar refractivity (Wildman–Crippen MR) is 115 cm³/mol. The van der Waals surface area contributed by atoms with Crippen molar-refractivity contribution in [1.29, 1.82) is 0 Å². The Balaban J connectivity index is 1.28. The van der Waals surface area contributed by atoms with Gasteiger partial charge in [0.25, 0.3) is 0 Å². The summed E-state index contributed by atoms with van der Waals surface area (Å²) in [6.45, 7) is 6.82. The summed E-state index contributed by atoms with van der Waals surface area (Å²) in [6, 6.07) is 8.46. The van der Waals surface area contributed by atoms with Crippen molar-refractivity contribution in [3.05, 3.63) is 46.8 Å². The molecule has 1 aromatic carbocycles. The number of carbonyl (C=O) groups is 1. The molecule has 4 aliphatic carbocycles. The highest BCUT2D eigenvalue weighted by molar-refractivity contribution is 5.91. The molecule has 2 N–H and O–H groups in total. The maximum atomic E-state index is 12.9. The Labute approximate surface area is 173 Å². The monoisotopic (exact) mass is 392 g/mol. The Hall–Kier alpha value is -2.30. The lowest BCUT2D eigenvalue weighted by atomic mass is 9.53. The standard InChI is InChI=1S/C24H32N4O/c1-15-4-6-18(7-5-15)14-28-17(3)22(16(2)27-28)25-23(29)26-24-11-19-8-20(12-24)10-21(9-19)13-24/h4-7,19-21H,8-14H2,1-3H3,(H2,25,26,29). The smallest absolute Gasteiger partial charge is 0.319 e. The van der Waals surface area contributed by atoms with Gasteiger partial charge in [-0.25, -0.2) is 4.79 Å². The van der Waals surface area contributed by atoms with Crippen LogP contribution >= 0.6 is 0 Å². The molecule has 0 radical (unpaired) electrons. The van der Waals surface area contributed by atoms with E-state index in [-0.39, 0.29) is 11.6 Å². The highest BCUT2D eigenvalue weighted by atomic mass is 16.2. The average Bonchev–Trinajstić information content (AvgIpc) is 2.89. The molecular weight excluding hydrogens is 360 g/mol. The van der Waals surface area contributed by atoms with Crippen LogP contribution in [0, 0.1) is 38.5 Å². The molecule has 2 amide bonds. The number of nitrogens with one attached hydrogen (secondary N) is 2. The van der Waals surface area contributed by atoms with Crippen LogP contribution in [0.2, 0.25) is 0 Å². The molecule has 29 heavy (non-hydrogen) atoms. The third-order valence-electron chi connectivity index (χ3n) is 7.49. The van der Waals surface area contributed by atoms with Crippen LogP contribution < -0.4 is 10.6 Å². The largest absolute Gasteiger partial charge is 0.332 e. The molecule has 4 aliphatic rings. The van der Waals surface area contributed by atoms with Crippen LogP contribution in [0.25, 0.3) is 0 Å². The lowest BCUT2D eigenvalue weighted by molar-refractivity contribution is -0.0127. The predicted octanol–water partition coefficient (Wildman–Crippen LogP) is 4.95. The normalized spacial score (nSPS) is 29.8. The number of nitrogens with zero attached hydrogens (tertiary/aromatic N) is 2. The second-order valence-electron chi connectivity index (χ2n) is 9.97. The van der Waals surface area contributed by atoms with Crippen molar-refractivity contribution in [3.8, 4) is 0 Å². The van der Waals surface area contributed by atoms with Gasteiger partial charge in [-0.15, -0.1) is 0 Å². The van der Waals surface area contributed by atoms with Crippen LogP contribution in [0.4, 0.5) is 10.5 Å². The number of urea groups is 1. The van der Waals surface area contributed by atoms with Crippen LogP contribution in [0.3, 0.4) is 0 Å². The summed E-state index contributed by atoms with van der Waals surface area (Å²) in [4.78, 5) is 12.9. The summed E-state index contributed by atoms with van der Waals surface area (Å²) in [5.41, 5.74) is 5.22. The molecule has 0 saturated heterocycles. The molecule has 0 spiro atoms. The lowest BCUT2D eigenvalue weighted by Crippen LogP contribution is -2.60. The van der Waals surface area contributed by atoms with Gasteiger partial charge < -0.3 is 10.6 Å². The summed E-state index contributed by atoms with van der Waals surface area (Å²) >= 11 is 0. The molecule has 0 aliphatic heterocycles. The van der Waals surface area contributed by atoms with Crippen LogP contribution in [-0.4, -0.2) is 21.4 Å². The highest BCUT2D eigenvalue weighted by Gasteiger charge is 2.51. The van der Waals surface area contributed by atoms with E-state index < -0.39 is 0 Å². The summed E-state index contributed by atoms with van der Waals surface area (Å²) in [7, 11) is 0. The first-order valence-electron chi connectivity index (χ1n) is 11.1. The van der Waals surface area contributed by atoms with E-state index in [1.807, 2.05) is 18.5 Å². The number of anilines is 1. The molecule has 6 rings (SSSR count). The van der Waals surface area contributed by atoms with Gasteiger partial charge in [0.2, 0.25) is 0 Å². The third-order valence-corrected chi connectivity index (χ3v) is 7.49. The maximum absolute atomic E-state index is 12.9. The van der Waals surface area contributed by atoms with Gasteiger partial charge in [0.15, 0.2) is 0 Å². The fraction of sp³-hybridized carbons (Fsp3) is 0.583. The third kappa shape index (κ3) is 3.56. The number of aromatic nitrogens is 2. The Morgan fingerprint density at radius 3 is 2.21 bits per heavy atom. The number of rotatable bonds is 4. The molecule has 5 heteroatoms. The molecule has 5 nitrogen and oxygen atoms in total. The van der Waals surface area contributed by atoms with Crippen molar-refractivity contribution in [3.63, 3.8) is 0 Å². The Morgan fingerprint density at radius 1 is 1.03 bits per heavy atom. The van der Waals surface area contributed by atoms with Crippen LogP contribution in [0.15, 0.2) is 24.3 Å². The Bertz CT molecular complexity index is 892. The van der Waals surface area contributed by atoms with E-state index in [9.17, 15) is 4.79 Å². The zero-order chi connectivity index (χ0) is 20.2. The van der Waals surface area contributed by atoms with Crippen molar-refractivity contribution in [1.82, 2.24) is 15.1 Å². The summed E-state index contributed by atoms with van der Waals surface area (Å²) in [5, 5.41) is 11.2. The van der Waals surface area contributed by atoms with Crippen molar-refractivity contribution >= 4 is 11.7 Å². The van der Waals surface area contributed by atoms with Gasteiger partial charge in [-0.05, 0) is 82.6 Å². The minimum Gasteiger partial charge on any atom is -0.332 e. The SMILES string of the molecule is Cc1ccc(Cn2nc(C)c(NC(=O)NC34CC5CC(CC(C5)C3)C4)c2C)cc1. The van der Waals surface area contributed by atoms with Crippen molar-refractivity contribution in [2.24, 2.45) is 17.8 Å². The van der Waals surface area contributed by atoms with E-state index in [0.717, 1.165) is 54.1 Å².